The first kappa shape index (κ1) is 11.7. The summed E-state index contributed by atoms with van der Waals surface area (Å²) >= 11 is 0. The SMILES string of the molecule is COCc1cccc(C(O)C(=O)OC)c1. The first-order chi connectivity index (χ1) is 7.19. The largest absolute Gasteiger partial charge is 0.467 e. The molecule has 1 unspecified atom stereocenters. The molecule has 1 N–H and O–H groups in total. The molecule has 1 rings (SSSR count). The molecule has 82 valence electrons. The quantitative estimate of drug-likeness (QED) is 0.754. The van der Waals surface area contributed by atoms with Gasteiger partial charge in [0.1, 0.15) is 0 Å². The number of esters is 1. The van der Waals surface area contributed by atoms with Gasteiger partial charge in [-0.3, -0.25) is 0 Å². The minimum absolute atomic E-state index is 0.446. The molecule has 0 aliphatic carbocycles. The molecular weight excluding hydrogens is 196 g/mol. The number of carbonyl (C=O) groups excluding carboxylic acids is 1. The number of hydrogen-bond donors (Lipinski definition) is 1. The Morgan fingerprint density at radius 3 is 2.80 bits per heavy atom. The highest BCUT2D eigenvalue weighted by Gasteiger charge is 2.17. The van der Waals surface area contributed by atoms with Crippen molar-refractivity contribution in [3.05, 3.63) is 35.4 Å². The molecule has 0 aliphatic heterocycles. The van der Waals surface area contributed by atoms with Crippen molar-refractivity contribution < 1.29 is 19.4 Å². The van der Waals surface area contributed by atoms with Crippen molar-refractivity contribution in [1.29, 1.82) is 0 Å². The molecule has 0 bridgehead atoms. The number of aliphatic hydroxyl groups excluding tert-OH is 1. The van der Waals surface area contributed by atoms with Gasteiger partial charge in [-0.1, -0.05) is 24.3 Å². The molecule has 0 saturated carbocycles. The van der Waals surface area contributed by atoms with E-state index >= 15 is 0 Å². The van der Waals surface area contributed by atoms with Crippen LogP contribution in [0.1, 0.15) is 17.2 Å². The highest BCUT2D eigenvalue weighted by molar-refractivity contribution is 5.76. The number of methoxy groups -OCH3 is 2. The summed E-state index contributed by atoms with van der Waals surface area (Å²) in [5.74, 6) is -0.662. The monoisotopic (exact) mass is 210 g/mol. The standard InChI is InChI=1S/C11H14O4/c1-14-7-8-4-3-5-9(6-8)10(12)11(13)15-2/h3-6,10,12H,7H2,1-2H3. The molecule has 1 atom stereocenters. The van der Waals surface area contributed by atoms with Crippen molar-refractivity contribution >= 4 is 5.97 Å². The zero-order chi connectivity index (χ0) is 11.3. The Morgan fingerprint density at radius 2 is 2.20 bits per heavy atom. The van der Waals surface area contributed by atoms with Crippen LogP contribution in [-0.2, 0) is 20.9 Å². The van der Waals surface area contributed by atoms with Crippen LogP contribution >= 0.6 is 0 Å². The van der Waals surface area contributed by atoms with Crippen LogP contribution in [0.5, 0.6) is 0 Å². The number of hydrogen-bond acceptors (Lipinski definition) is 4. The van der Waals surface area contributed by atoms with E-state index in [9.17, 15) is 9.90 Å². The van der Waals surface area contributed by atoms with Crippen molar-refractivity contribution in [1.82, 2.24) is 0 Å². The van der Waals surface area contributed by atoms with Crippen LogP contribution in [0.2, 0.25) is 0 Å². The zero-order valence-corrected chi connectivity index (χ0v) is 8.77. The molecule has 0 fully saturated rings. The Labute approximate surface area is 88.4 Å². The van der Waals surface area contributed by atoms with Crippen molar-refractivity contribution in [3.8, 4) is 0 Å². The summed E-state index contributed by atoms with van der Waals surface area (Å²) in [4.78, 5) is 11.1. The summed E-state index contributed by atoms with van der Waals surface area (Å²) in [5.41, 5.74) is 1.41. The lowest BCUT2D eigenvalue weighted by Crippen LogP contribution is -2.13. The summed E-state index contributed by atoms with van der Waals surface area (Å²) in [5, 5.41) is 9.57. The van der Waals surface area contributed by atoms with Gasteiger partial charge in [-0.2, -0.15) is 0 Å². The Balaban J connectivity index is 2.84. The summed E-state index contributed by atoms with van der Waals surface area (Å²) < 4.78 is 9.40. The number of benzene rings is 1. The summed E-state index contributed by atoms with van der Waals surface area (Å²) in [6.07, 6.45) is -1.23. The Bertz CT molecular complexity index is 335. The molecule has 0 heterocycles. The van der Waals surface area contributed by atoms with Gasteiger partial charge in [0.2, 0.25) is 0 Å². The second kappa shape index (κ2) is 5.48. The van der Waals surface area contributed by atoms with Gasteiger partial charge in [0.15, 0.2) is 6.10 Å². The predicted molar refractivity (Wildman–Crippen MR) is 54.1 cm³/mol. The van der Waals surface area contributed by atoms with E-state index in [1.807, 2.05) is 6.07 Å². The van der Waals surface area contributed by atoms with E-state index < -0.39 is 12.1 Å². The fraction of sp³-hybridized carbons (Fsp3) is 0.364. The highest BCUT2D eigenvalue weighted by Crippen LogP contribution is 2.16. The van der Waals surface area contributed by atoms with E-state index in [0.29, 0.717) is 12.2 Å². The van der Waals surface area contributed by atoms with Gasteiger partial charge in [0.05, 0.1) is 13.7 Å². The van der Waals surface area contributed by atoms with Crippen LogP contribution < -0.4 is 0 Å². The Hall–Kier alpha value is -1.39. The van der Waals surface area contributed by atoms with E-state index in [0.717, 1.165) is 5.56 Å². The van der Waals surface area contributed by atoms with Crippen LogP contribution in [0.3, 0.4) is 0 Å². The zero-order valence-electron chi connectivity index (χ0n) is 8.77. The second-order valence-electron chi connectivity index (χ2n) is 3.10. The molecule has 0 amide bonds. The Morgan fingerprint density at radius 1 is 1.47 bits per heavy atom. The van der Waals surface area contributed by atoms with Gasteiger partial charge in [-0.25, -0.2) is 4.79 Å². The van der Waals surface area contributed by atoms with Gasteiger partial charge in [-0.15, -0.1) is 0 Å². The third-order valence-corrected chi connectivity index (χ3v) is 2.00. The minimum atomic E-state index is -1.23. The molecule has 0 radical (unpaired) electrons. The summed E-state index contributed by atoms with van der Waals surface area (Å²) in [7, 11) is 2.83. The van der Waals surface area contributed by atoms with Crippen LogP contribution in [0, 0.1) is 0 Å². The van der Waals surface area contributed by atoms with E-state index in [2.05, 4.69) is 4.74 Å². The highest BCUT2D eigenvalue weighted by atomic mass is 16.5. The van der Waals surface area contributed by atoms with Gasteiger partial charge in [0.25, 0.3) is 0 Å². The molecule has 4 heteroatoms. The molecule has 1 aromatic carbocycles. The topological polar surface area (TPSA) is 55.8 Å². The average molecular weight is 210 g/mol. The fourth-order valence-electron chi connectivity index (χ4n) is 1.27. The molecule has 4 nitrogen and oxygen atoms in total. The lowest BCUT2D eigenvalue weighted by atomic mass is 10.1. The van der Waals surface area contributed by atoms with Crippen molar-refractivity contribution in [3.63, 3.8) is 0 Å². The normalized spacial score (nSPS) is 12.2. The van der Waals surface area contributed by atoms with E-state index in [-0.39, 0.29) is 0 Å². The van der Waals surface area contributed by atoms with Crippen LogP contribution in [0.4, 0.5) is 0 Å². The maximum atomic E-state index is 11.1. The molecule has 0 spiro atoms. The molecular formula is C11H14O4. The first-order valence-corrected chi connectivity index (χ1v) is 4.52. The van der Waals surface area contributed by atoms with Gasteiger partial charge < -0.3 is 14.6 Å². The van der Waals surface area contributed by atoms with Gasteiger partial charge in [-0.05, 0) is 11.1 Å². The maximum absolute atomic E-state index is 11.1. The molecule has 15 heavy (non-hydrogen) atoms. The number of ether oxygens (including phenoxy) is 2. The number of carbonyl (C=O) groups is 1. The number of aliphatic hydroxyl groups is 1. The first-order valence-electron chi connectivity index (χ1n) is 4.52. The third kappa shape index (κ3) is 3.04. The molecule has 0 saturated heterocycles. The predicted octanol–water partition coefficient (Wildman–Crippen LogP) is 1.04. The average Bonchev–Trinajstić information content (AvgIpc) is 2.28. The van der Waals surface area contributed by atoms with Crippen molar-refractivity contribution in [2.75, 3.05) is 14.2 Å². The molecule has 0 aliphatic rings. The lowest BCUT2D eigenvalue weighted by molar-refractivity contribution is -0.150. The van der Waals surface area contributed by atoms with E-state index in [4.69, 9.17) is 4.74 Å². The Kier molecular flexibility index (Phi) is 4.27. The second-order valence-corrected chi connectivity index (χ2v) is 3.10. The van der Waals surface area contributed by atoms with Gasteiger partial charge >= 0.3 is 5.97 Å². The van der Waals surface area contributed by atoms with Gasteiger partial charge in [0, 0.05) is 7.11 Å². The fourth-order valence-corrected chi connectivity index (χ4v) is 1.27. The number of rotatable bonds is 4. The third-order valence-electron chi connectivity index (χ3n) is 2.00. The molecule has 0 aromatic heterocycles. The van der Waals surface area contributed by atoms with Crippen molar-refractivity contribution in [2.45, 2.75) is 12.7 Å². The molecule has 1 aromatic rings. The summed E-state index contributed by atoms with van der Waals surface area (Å²) in [6.45, 7) is 0.446. The smallest absolute Gasteiger partial charge is 0.339 e. The lowest BCUT2D eigenvalue weighted by Gasteiger charge is -2.09. The van der Waals surface area contributed by atoms with Crippen LogP contribution in [0.15, 0.2) is 24.3 Å². The van der Waals surface area contributed by atoms with Crippen LogP contribution in [-0.4, -0.2) is 25.3 Å². The maximum Gasteiger partial charge on any atom is 0.339 e. The van der Waals surface area contributed by atoms with Crippen LogP contribution in [0.25, 0.3) is 0 Å². The van der Waals surface area contributed by atoms with E-state index in [1.54, 1.807) is 25.3 Å². The minimum Gasteiger partial charge on any atom is -0.467 e. The van der Waals surface area contributed by atoms with E-state index in [1.165, 1.54) is 7.11 Å². The summed E-state index contributed by atoms with van der Waals surface area (Å²) in [6, 6.07) is 7.00. The van der Waals surface area contributed by atoms with Crippen molar-refractivity contribution in [2.24, 2.45) is 0 Å².